The Morgan fingerprint density at radius 3 is 2.94 bits per heavy atom. The Bertz CT molecular complexity index is 412. The Morgan fingerprint density at radius 2 is 2.24 bits per heavy atom. The minimum absolute atomic E-state index is 0.00306. The molecule has 0 saturated carbocycles. The van der Waals surface area contributed by atoms with Gasteiger partial charge in [0.2, 0.25) is 5.91 Å². The third-order valence-electron chi connectivity index (χ3n) is 1.89. The van der Waals surface area contributed by atoms with Crippen molar-refractivity contribution in [1.29, 1.82) is 5.26 Å². The summed E-state index contributed by atoms with van der Waals surface area (Å²) >= 11 is 0. The predicted octanol–water partition coefficient (Wildman–Crippen LogP) is 1.56. The number of anilines is 1. The lowest BCUT2D eigenvalue weighted by molar-refractivity contribution is -0.120. The molecule has 0 aliphatic rings. The molecule has 0 spiro atoms. The number of nitriles is 1. The van der Waals surface area contributed by atoms with E-state index in [1.807, 2.05) is 13.0 Å². The summed E-state index contributed by atoms with van der Waals surface area (Å²) in [5.74, 6) is 0.221. The second-order valence-electron chi connectivity index (χ2n) is 3.13. The van der Waals surface area contributed by atoms with Crippen molar-refractivity contribution in [2.45, 2.75) is 6.92 Å². The molecule has 0 fully saturated rings. The molecule has 1 amide bonds. The number of nitrogens with zero attached hydrogens (tertiary/aromatic N) is 1. The van der Waals surface area contributed by atoms with Gasteiger partial charge in [-0.05, 0) is 19.1 Å². The molecule has 17 heavy (non-hydrogen) atoms. The fourth-order valence-electron chi connectivity index (χ4n) is 1.19. The third kappa shape index (κ3) is 4.53. The van der Waals surface area contributed by atoms with Crippen LogP contribution in [-0.2, 0) is 9.53 Å². The number of hydrogen-bond acceptors (Lipinski definition) is 4. The number of para-hydroxylation sites is 2. The lowest BCUT2D eigenvalue weighted by Gasteiger charge is -2.10. The lowest BCUT2D eigenvalue weighted by Crippen LogP contribution is -2.18. The van der Waals surface area contributed by atoms with Crippen LogP contribution in [0, 0.1) is 11.3 Å². The minimum Gasteiger partial charge on any atom is -0.477 e. The zero-order valence-corrected chi connectivity index (χ0v) is 9.60. The van der Waals surface area contributed by atoms with Gasteiger partial charge in [-0.15, -0.1) is 0 Å². The normalized spacial score (nSPS) is 9.41. The average Bonchev–Trinajstić information content (AvgIpc) is 2.35. The van der Waals surface area contributed by atoms with Gasteiger partial charge in [-0.2, -0.15) is 5.26 Å². The number of benzene rings is 1. The fraction of sp³-hybridized carbons (Fsp3) is 0.333. The molecule has 0 atom stereocenters. The third-order valence-corrected chi connectivity index (χ3v) is 1.89. The maximum Gasteiger partial charge on any atom is 0.250 e. The predicted molar refractivity (Wildman–Crippen MR) is 62.7 cm³/mol. The summed E-state index contributed by atoms with van der Waals surface area (Å²) in [6.07, 6.45) is 0. The monoisotopic (exact) mass is 234 g/mol. The van der Waals surface area contributed by atoms with Crippen LogP contribution >= 0.6 is 0 Å². The van der Waals surface area contributed by atoms with E-state index in [-0.39, 0.29) is 19.1 Å². The average molecular weight is 234 g/mol. The summed E-state index contributed by atoms with van der Waals surface area (Å²) < 4.78 is 10.2. The molecule has 1 aromatic rings. The highest BCUT2D eigenvalue weighted by molar-refractivity contribution is 5.93. The van der Waals surface area contributed by atoms with E-state index in [4.69, 9.17) is 14.7 Å². The number of amides is 1. The molecule has 5 nitrogen and oxygen atoms in total. The Labute approximate surface area is 100.0 Å². The summed E-state index contributed by atoms with van der Waals surface area (Å²) in [6, 6.07) is 8.81. The van der Waals surface area contributed by atoms with Crippen molar-refractivity contribution in [3.63, 3.8) is 0 Å². The summed E-state index contributed by atoms with van der Waals surface area (Å²) in [5, 5.41) is 11.1. The number of carbonyl (C=O) groups is 1. The number of rotatable bonds is 6. The zero-order valence-electron chi connectivity index (χ0n) is 9.60. The molecular formula is C12H14N2O3. The van der Waals surface area contributed by atoms with Crippen LogP contribution in [0.1, 0.15) is 6.92 Å². The van der Waals surface area contributed by atoms with Gasteiger partial charge in [0.25, 0.3) is 0 Å². The van der Waals surface area contributed by atoms with Gasteiger partial charge in [0.15, 0.2) is 6.61 Å². The van der Waals surface area contributed by atoms with Crippen molar-refractivity contribution in [3.8, 4) is 11.8 Å². The first-order chi connectivity index (χ1) is 8.27. The van der Waals surface area contributed by atoms with Crippen LogP contribution in [0.3, 0.4) is 0 Å². The maximum atomic E-state index is 11.4. The Hall–Kier alpha value is -2.06. The standard InChI is InChI=1S/C12H14N2O3/c1-2-16-9-12(15)14-10-5-3-4-6-11(10)17-8-7-13/h3-6H,2,8-9H2,1H3,(H,14,15). The van der Waals surface area contributed by atoms with Crippen LogP contribution in [0.15, 0.2) is 24.3 Å². The summed E-state index contributed by atoms with van der Waals surface area (Å²) in [5.41, 5.74) is 0.535. The molecule has 0 saturated heterocycles. The number of ether oxygens (including phenoxy) is 2. The van der Waals surface area contributed by atoms with Crippen molar-refractivity contribution in [2.75, 3.05) is 25.1 Å². The van der Waals surface area contributed by atoms with Gasteiger partial charge in [0.05, 0.1) is 5.69 Å². The van der Waals surface area contributed by atoms with Crippen molar-refractivity contribution >= 4 is 11.6 Å². The van der Waals surface area contributed by atoms with Crippen molar-refractivity contribution in [1.82, 2.24) is 0 Å². The first kappa shape index (κ1) is 13.0. The Morgan fingerprint density at radius 1 is 1.47 bits per heavy atom. The van der Waals surface area contributed by atoms with Gasteiger partial charge >= 0.3 is 0 Å². The van der Waals surface area contributed by atoms with Crippen LogP contribution in [-0.4, -0.2) is 25.7 Å². The lowest BCUT2D eigenvalue weighted by atomic mass is 10.3. The van der Waals surface area contributed by atoms with E-state index >= 15 is 0 Å². The maximum absolute atomic E-state index is 11.4. The molecule has 5 heteroatoms. The van der Waals surface area contributed by atoms with E-state index in [9.17, 15) is 4.79 Å². The van der Waals surface area contributed by atoms with Gasteiger partial charge in [-0.1, -0.05) is 12.1 Å². The van der Waals surface area contributed by atoms with Crippen molar-refractivity contribution < 1.29 is 14.3 Å². The fourth-order valence-corrected chi connectivity index (χ4v) is 1.19. The molecule has 0 aromatic heterocycles. The highest BCUT2D eigenvalue weighted by atomic mass is 16.5. The van der Waals surface area contributed by atoms with Gasteiger partial charge in [0, 0.05) is 6.61 Å². The number of carbonyl (C=O) groups excluding carboxylic acids is 1. The van der Waals surface area contributed by atoms with Crippen molar-refractivity contribution in [3.05, 3.63) is 24.3 Å². The van der Waals surface area contributed by atoms with Crippen LogP contribution in [0.25, 0.3) is 0 Å². The molecule has 0 bridgehead atoms. The Balaban J connectivity index is 2.63. The van der Waals surface area contributed by atoms with Crippen LogP contribution in [0.2, 0.25) is 0 Å². The number of nitrogens with one attached hydrogen (secondary N) is 1. The number of hydrogen-bond donors (Lipinski definition) is 1. The molecule has 0 radical (unpaired) electrons. The molecule has 1 aromatic carbocycles. The molecule has 0 unspecified atom stereocenters. The molecule has 1 rings (SSSR count). The first-order valence-corrected chi connectivity index (χ1v) is 5.24. The minimum atomic E-state index is -0.250. The molecule has 1 N–H and O–H groups in total. The van der Waals surface area contributed by atoms with Gasteiger partial charge in [0.1, 0.15) is 18.4 Å². The molecule has 0 heterocycles. The van der Waals surface area contributed by atoms with E-state index in [1.165, 1.54) is 0 Å². The molecule has 0 aliphatic carbocycles. The van der Waals surface area contributed by atoms with E-state index in [0.717, 1.165) is 0 Å². The van der Waals surface area contributed by atoms with Gasteiger partial charge in [-0.25, -0.2) is 0 Å². The zero-order chi connectivity index (χ0) is 12.5. The van der Waals surface area contributed by atoms with E-state index < -0.39 is 0 Å². The quantitative estimate of drug-likeness (QED) is 0.810. The Kier molecular flexibility index (Phi) is 5.55. The largest absolute Gasteiger partial charge is 0.477 e. The summed E-state index contributed by atoms with van der Waals surface area (Å²) in [6.45, 7) is 2.25. The van der Waals surface area contributed by atoms with E-state index in [1.54, 1.807) is 24.3 Å². The molecular weight excluding hydrogens is 220 g/mol. The first-order valence-electron chi connectivity index (χ1n) is 5.24. The summed E-state index contributed by atoms with van der Waals surface area (Å²) in [4.78, 5) is 11.4. The smallest absolute Gasteiger partial charge is 0.250 e. The van der Waals surface area contributed by atoms with E-state index in [2.05, 4.69) is 5.32 Å². The second kappa shape index (κ2) is 7.25. The van der Waals surface area contributed by atoms with Crippen LogP contribution in [0.5, 0.6) is 5.75 Å². The highest BCUT2D eigenvalue weighted by Gasteiger charge is 2.06. The summed E-state index contributed by atoms with van der Waals surface area (Å²) in [7, 11) is 0. The van der Waals surface area contributed by atoms with Crippen molar-refractivity contribution in [2.24, 2.45) is 0 Å². The van der Waals surface area contributed by atoms with Crippen LogP contribution < -0.4 is 10.1 Å². The second-order valence-corrected chi connectivity index (χ2v) is 3.13. The van der Waals surface area contributed by atoms with E-state index in [0.29, 0.717) is 18.0 Å². The molecule has 0 aliphatic heterocycles. The van der Waals surface area contributed by atoms with Gasteiger partial charge in [-0.3, -0.25) is 4.79 Å². The molecule has 90 valence electrons. The van der Waals surface area contributed by atoms with Gasteiger partial charge < -0.3 is 14.8 Å². The van der Waals surface area contributed by atoms with Crippen LogP contribution in [0.4, 0.5) is 5.69 Å². The SMILES string of the molecule is CCOCC(=O)Nc1ccccc1OCC#N. The topological polar surface area (TPSA) is 71.3 Å². The highest BCUT2D eigenvalue weighted by Crippen LogP contribution is 2.23.